The topological polar surface area (TPSA) is 47.7 Å². The quantitative estimate of drug-likeness (QED) is 0.719. The summed E-state index contributed by atoms with van der Waals surface area (Å²) in [6.45, 7) is 9.48. The number of hydroxylamine groups is 2. The second-order valence-electron chi connectivity index (χ2n) is 4.40. The third-order valence-electron chi connectivity index (χ3n) is 2.65. The molecule has 13 heavy (non-hydrogen) atoms. The lowest BCUT2D eigenvalue weighted by Crippen LogP contribution is -2.41. The smallest absolute Gasteiger partial charge is 0.117 e. The second-order valence-corrected chi connectivity index (χ2v) is 4.40. The molecule has 1 aliphatic heterocycles. The summed E-state index contributed by atoms with van der Waals surface area (Å²) in [5, 5.41) is 1.55. The Labute approximate surface area is 79.9 Å². The van der Waals surface area contributed by atoms with Gasteiger partial charge in [-0.05, 0) is 40.7 Å². The van der Waals surface area contributed by atoms with E-state index in [-0.39, 0.29) is 11.2 Å². The third-order valence-corrected chi connectivity index (χ3v) is 2.65. The van der Waals surface area contributed by atoms with Crippen molar-refractivity contribution in [2.75, 3.05) is 13.1 Å². The van der Waals surface area contributed by atoms with Crippen molar-refractivity contribution in [3.63, 3.8) is 0 Å². The molecule has 0 bridgehead atoms. The second kappa shape index (κ2) is 3.53. The Hall–Kier alpha value is -0.160. The Kier molecular flexibility index (Phi) is 2.97. The Morgan fingerprint density at radius 2 is 1.54 bits per heavy atom. The summed E-state index contributed by atoms with van der Waals surface area (Å²) in [6.07, 6.45) is 0.881. The maximum absolute atomic E-state index is 5.62. The average molecular weight is 188 g/mol. The zero-order valence-corrected chi connectivity index (χ0v) is 8.96. The summed E-state index contributed by atoms with van der Waals surface area (Å²) in [4.78, 5) is 11.2. The molecule has 0 atom stereocenters. The Morgan fingerprint density at radius 1 is 1.08 bits per heavy atom. The van der Waals surface area contributed by atoms with Gasteiger partial charge in [0.2, 0.25) is 0 Å². The first-order chi connectivity index (χ1) is 5.89. The van der Waals surface area contributed by atoms with Gasteiger partial charge in [0, 0.05) is 0 Å². The van der Waals surface area contributed by atoms with E-state index in [1.165, 1.54) is 0 Å². The number of hydrogen-bond acceptors (Lipinski definition) is 4. The number of hydrogen-bond donors (Lipinski definition) is 1. The molecular weight excluding hydrogens is 168 g/mol. The van der Waals surface area contributed by atoms with Crippen molar-refractivity contribution in [3.05, 3.63) is 0 Å². The first-order valence-electron chi connectivity index (χ1n) is 4.75. The maximum atomic E-state index is 5.62. The standard InChI is InChI=1S/C9H20N2O2/c1-8(2)9(3,4)13-11(12-8)7-5-6-10/h5-7,10H2,1-4H3. The van der Waals surface area contributed by atoms with Crippen LogP contribution in [0.1, 0.15) is 34.1 Å². The zero-order chi connectivity index (χ0) is 10.1. The summed E-state index contributed by atoms with van der Waals surface area (Å²) in [7, 11) is 0. The third kappa shape index (κ3) is 2.20. The molecule has 1 rings (SSSR count). The molecule has 2 N–H and O–H groups in total. The van der Waals surface area contributed by atoms with E-state index in [0.29, 0.717) is 6.54 Å². The summed E-state index contributed by atoms with van der Waals surface area (Å²) < 4.78 is 0. The lowest BCUT2D eigenvalue weighted by molar-refractivity contribution is -0.327. The molecule has 0 aromatic heterocycles. The van der Waals surface area contributed by atoms with Crippen LogP contribution in [0.15, 0.2) is 0 Å². The molecule has 4 nitrogen and oxygen atoms in total. The van der Waals surface area contributed by atoms with Gasteiger partial charge in [0.1, 0.15) is 11.2 Å². The van der Waals surface area contributed by atoms with Crippen molar-refractivity contribution in [2.45, 2.75) is 45.3 Å². The highest BCUT2D eigenvalue weighted by molar-refractivity contribution is 4.90. The van der Waals surface area contributed by atoms with Gasteiger partial charge >= 0.3 is 0 Å². The van der Waals surface area contributed by atoms with E-state index >= 15 is 0 Å². The zero-order valence-electron chi connectivity index (χ0n) is 8.96. The van der Waals surface area contributed by atoms with Gasteiger partial charge in [0.25, 0.3) is 0 Å². The van der Waals surface area contributed by atoms with Gasteiger partial charge in [0.15, 0.2) is 0 Å². The lowest BCUT2D eigenvalue weighted by atomic mass is 9.90. The molecule has 1 saturated heterocycles. The van der Waals surface area contributed by atoms with E-state index in [4.69, 9.17) is 15.4 Å². The van der Waals surface area contributed by atoms with Crippen LogP contribution in [0.25, 0.3) is 0 Å². The molecule has 1 heterocycles. The van der Waals surface area contributed by atoms with Crippen molar-refractivity contribution in [1.82, 2.24) is 5.23 Å². The van der Waals surface area contributed by atoms with Gasteiger partial charge in [0.05, 0.1) is 6.54 Å². The van der Waals surface area contributed by atoms with Crippen LogP contribution in [0.2, 0.25) is 0 Å². The van der Waals surface area contributed by atoms with E-state index in [1.807, 2.05) is 27.7 Å². The summed E-state index contributed by atoms with van der Waals surface area (Å²) >= 11 is 0. The van der Waals surface area contributed by atoms with E-state index in [2.05, 4.69) is 0 Å². The monoisotopic (exact) mass is 188 g/mol. The van der Waals surface area contributed by atoms with Gasteiger partial charge in [-0.25, -0.2) is 0 Å². The molecule has 0 aromatic carbocycles. The first-order valence-corrected chi connectivity index (χ1v) is 4.75. The number of nitrogens with two attached hydrogens (primary N) is 1. The van der Waals surface area contributed by atoms with Crippen LogP contribution in [-0.4, -0.2) is 29.5 Å². The van der Waals surface area contributed by atoms with Gasteiger partial charge in [-0.3, -0.25) is 9.68 Å². The highest BCUT2D eigenvalue weighted by Crippen LogP contribution is 2.37. The molecule has 0 unspecified atom stereocenters. The molecule has 0 radical (unpaired) electrons. The van der Waals surface area contributed by atoms with Crippen molar-refractivity contribution in [2.24, 2.45) is 5.73 Å². The molecule has 1 fully saturated rings. The molecule has 0 saturated carbocycles. The van der Waals surface area contributed by atoms with Gasteiger partial charge < -0.3 is 5.73 Å². The molecule has 0 amide bonds. The van der Waals surface area contributed by atoms with E-state index in [9.17, 15) is 0 Å². The fourth-order valence-electron chi connectivity index (χ4n) is 1.06. The SMILES string of the molecule is CC1(C)ON(CCCN)OC1(C)C. The molecule has 0 spiro atoms. The minimum Gasteiger partial charge on any atom is -0.330 e. The van der Waals surface area contributed by atoms with E-state index in [0.717, 1.165) is 13.0 Å². The van der Waals surface area contributed by atoms with Crippen LogP contribution in [0, 0.1) is 0 Å². The molecule has 0 aliphatic carbocycles. The summed E-state index contributed by atoms with van der Waals surface area (Å²) in [5.41, 5.74) is 4.85. The lowest BCUT2D eigenvalue weighted by Gasteiger charge is -2.27. The molecular formula is C9H20N2O2. The van der Waals surface area contributed by atoms with Gasteiger partial charge in [-0.2, -0.15) is 0 Å². The van der Waals surface area contributed by atoms with Crippen LogP contribution < -0.4 is 5.73 Å². The molecule has 1 aliphatic rings. The first kappa shape index (κ1) is 10.9. The van der Waals surface area contributed by atoms with Crippen LogP contribution in [0.5, 0.6) is 0 Å². The Balaban J connectivity index is 2.50. The average Bonchev–Trinajstić information content (AvgIpc) is 2.17. The minimum atomic E-state index is -0.276. The predicted octanol–water partition coefficient (Wildman–Crippen LogP) is 1.07. The van der Waals surface area contributed by atoms with Crippen LogP contribution in [0.3, 0.4) is 0 Å². The number of nitrogens with zero attached hydrogens (tertiary/aromatic N) is 1. The van der Waals surface area contributed by atoms with Crippen molar-refractivity contribution in [3.8, 4) is 0 Å². The van der Waals surface area contributed by atoms with Gasteiger partial charge in [-0.15, -0.1) is 0 Å². The van der Waals surface area contributed by atoms with Crippen LogP contribution >= 0.6 is 0 Å². The van der Waals surface area contributed by atoms with Crippen molar-refractivity contribution >= 4 is 0 Å². The van der Waals surface area contributed by atoms with Crippen LogP contribution in [-0.2, 0) is 9.68 Å². The fraction of sp³-hybridized carbons (Fsp3) is 1.00. The van der Waals surface area contributed by atoms with E-state index < -0.39 is 0 Å². The van der Waals surface area contributed by atoms with Gasteiger partial charge in [-0.1, -0.05) is 5.23 Å². The minimum absolute atomic E-state index is 0.276. The fourth-order valence-corrected chi connectivity index (χ4v) is 1.06. The largest absolute Gasteiger partial charge is 0.330 e. The molecule has 4 heteroatoms. The van der Waals surface area contributed by atoms with Crippen molar-refractivity contribution in [1.29, 1.82) is 0 Å². The molecule has 0 aromatic rings. The summed E-state index contributed by atoms with van der Waals surface area (Å²) in [5.74, 6) is 0. The highest BCUT2D eigenvalue weighted by Gasteiger charge is 2.49. The maximum Gasteiger partial charge on any atom is 0.117 e. The summed E-state index contributed by atoms with van der Waals surface area (Å²) in [6, 6.07) is 0. The normalized spacial score (nSPS) is 26.5. The Morgan fingerprint density at radius 3 is 1.92 bits per heavy atom. The molecule has 78 valence electrons. The predicted molar refractivity (Wildman–Crippen MR) is 50.7 cm³/mol. The highest BCUT2D eigenvalue weighted by atomic mass is 17.0. The van der Waals surface area contributed by atoms with E-state index in [1.54, 1.807) is 5.23 Å². The Bertz CT molecular complexity index is 164. The van der Waals surface area contributed by atoms with Crippen molar-refractivity contribution < 1.29 is 9.68 Å². The number of rotatable bonds is 3. The van der Waals surface area contributed by atoms with Crippen LogP contribution in [0.4, 0.5) is 0 Å².